The summed E-state index contributed by atoms with van der Waals surface area (Å²) in [5.74, 6) is 1.34. The molecule has 0 aliphatic heterocycles. The third-order valence-corrected chi connectivity index (χ3v) is 2.85. The minimum atomic E-state index is 0.178. The summed E-state index contributed by atoms with van der Waals surface area (Å²) in [7, 11) is 1.67. The van der Waals surface area contributed by atoms with E-state index < -0.39 is 0 Å². The standard InChI is InChI=1S/C14H21ClO2/c1-11(10-12(2)15)13-6-4-5-7-14(13)17-9-8-16-3/h4-7,11-12H,8-10H2,1-3H3. The molecule has 0 aliphatic carbocycles. The maximum absolute atomic E-state index is 6.04. The molecule has 1 aromatic rings. The molecule has 0 aliphatic rings. The van der Waals surface area contributed by atoms with Gasteiger partial charge in [-0.15, -0.1) is 11.6 Å². The fraction of sp³-hybridized carbons (Fsp3) is 0.571. The smallest absolute Gasteiger partial charge is 0.122 e. The second-order valence-corrected chi connectivity index (χ2v) is 5.04. The van der Waals surface area contributed by atoms with Crippen molar-refractivity contribution in [2.24, 2.45) is 0 Å². The summed E-state index contributed by atoms with van der Waals surface area (Å²) in [4.78, 5) is 0. The van der Waals surface area contributed by atoms with Crippen LogP contribution in [0.3, 0.4) is 0 Å². The molecule has 0 spiro atoms. The molecule has 0 amide bonds. The Kier molecular flexibility index (Phi) is 6.38. The number of hydrogen-bond donors (Lipinski definition) is 0. The molecular formula is C14H21ClO2. The molecule has 0 aromatic heterocycles. The van der Waals surface area contributed by atoms with E-state index in [1.54, 1.807) is 7.11 Å². The highest BCUT2D eigenvalue weighted by Crippen LogP contribution is 2.30. The summed E-state index contributed by atoms with van der Waals surface area (Å²) >= 11 is 6.04. The van der Waals surface area contributed by atoms with E-state index in [4.69, 9.17) is 21.1 Å². The molecule has 0 heterocycles. The zero-order valence-corrected chi connectivity index (χ0v) is 11.5. The number of halogens is 1. The summed E-state index contributed by atoms with van der Waals surface area (Å²) in [5, 5.41) is 0.178. The molecule has 0 fully saturated rings. The van der Waals surface area contributed by atoms with Crippen molar-refractivity contribution >= 4 is 11.6 Å². The number of hydrogen-bond acceptors (Lipinski definition) is 2. The highest BCUT2D eigenvalue weighted by molar-refractivity contribution is 6.20. The summed E-state index contributed by atoms with van der Waals surface area (Å²) in [6, 6.07) is 8.13. The molecule has 2 unspecified atom stereocenters. The van der Waals surface area contributed by atoms with E-state index in [1.165, 1.54) is 5.56 Å². The largest absolute Gasteiger partial charge is 0.491 e. The van der Waals surface area contributed by atoms with Gasteiger partial charge in [-0.3, -0.25) is 0 Å². The Morgan fingerprint density at radius 1 is 1.18 bits per heavy atom. The van der Waals surface area contributed by atoms with Gasteiger partial charge in [0.2, 0.25) is 0 Å². The van der Waals surface area contributed by atoms with Crippen molar-refractivity contribution in [2.45, 2.75) is 31.6 Å². The van der Waals surface area contributed by atoms with Crippen LogP contribution in [0.1, 0.15) is 31.7 Å². The van der Waals surface area contributed by atoms with Crippen LogP contribution in [0.25, 0.3) is 0 Å². The topological polar surface area (TPSA) is 18.5 Å². The van der Waals surface area contributed by atoms with Crippen molar-refractivity contribution in [3.8, 4) is 5.75 Å². The van der Waals surface area contributed by atoms with E-state index in [1.807, 2.05) is 25.1 Å². The van der Waals surface area contributed by atoms with Crippen LogP contribution in [0.15, 0.2) is 24.3 Å². The average molecular weight is 257 g/mol. The zero-order valence-electron chi connectivity index (χ0n) is 10.8. The number of benzene rings is 1. The minimum Gasteiger partial charge on any atom is -0.491 e. The van der Waals surface area contributed by atoms with E-state index in [9.17, 15) is 0 Å². The average Bonchev–Trinajstić information content (AvgIpc) is 2.29. The maximum Gasteiger partial charge on any atom is 0.122 e. The van der Waals surface area contributed by atoms with Gasteiger partial charge in [0.05, 0.1) is 6.61 Å². The summed E-state index contributed by atoms with van der Waals surface area (Å²) in [6.07, 6.45) is 0.951. The van der Waals surface area contributed by atoms with Crippen molar-refractivity contribution in [3.63, 3.8) is 0 Å². The maximum atomic E-state index is 6.04. The van der Waals surface area contributed by atoms with Crippen LogP contribution in [0.4, 0.5) is 0 Å². The lowest BCUT2D eigenvalue weighted by atomic mass is 9.95. The van der Waals surface area contributed by atoms with E-state index >= 15 is 0 Å². The predicted octanol–water partition coefficient (Wildman–Crippen LogP) is 3.83. The normalized spacial score (nSPS) is 14.4. The van der Waals surface area contributed by atoms with Crippen LogP contribution in [-0.2, 0) is 4.74 Å². The third-order valence-electron chi connectivity index (χ3n) is 2.67. The Hall–Kier alpha value is -0.730. The minimum absolute atomic E-state index is 0.178. The zero-order chi connectivity index (χ0) is 12.7. The second-order valence-electron chi connectivity index (χ2n) is 4.30. The molecule has 0 bridgehead atoms. The van der Waals surface area contributed by atoms with Gasteiger partial charge in [0.25, 0.3) is 0 Å². The van der Waals surface area contributed by atoms with Gasteiger partial charge in [0, 0.05) is 12.5 Å². The van der Waals surface area contributed by atoms with Gasteiger partial charge in [0.1, 0.15) is 12.4 Å². The van der Waals surface area contributed by atoms with Gasteiger partial charge in [0.15, 0.2) is 0 Å². The molecule has 96 valence electrons. The first kappa shape index (κ1) is 14.3. The summed E-state index contributed by atoms with van der Waals surface area (Å²) in [5.41, 5.74) is 1.22. The molecule has 0 N–H and O–H groups in total. The van der Waals surface area contributed by atoms with Crippen molar-refractivity contribution in [3.05, 3.63) is 29.8 Å². The highest BCUT2D eigenvalue weighted by Gasteiger charge is 2.13. The Labute approximate surface area is 109 Å². The van der Waals surface area contributed by atoms with E-state index in [0.717, 1.165) is 12.2 Å². The first-order valence-corrected chi connectivity index (χ1v) is 6.43. The van der Waals surface area contributed by atoms with Crippen molar-refractivity contribution < 1.29 is 9.47 Å². The number of methoxy groups -OCH3 is 1. The first-order valence-electron chi connectivity index (χ1n) is 6.00. The summed E-state index contributed by atoms with van der Waals surface area (Å²) < 4.78 is 10.7. The Morgan fingerprint density at radius 2 is 1.88 bits per heavy atom. The van der Waals surface area contributed by atoms with Gasteiger partial charge < -0.3 is 9.47 Å². The number of rotatable bonds is 7. The molecule has 1 rings (SSSR count). The van der Waals surface area contributed by atoms with Crippen molar-refractivity contribution in [2.75, 3.05) is 20.3 Å². The Balaban J connectivity index is 2.69. The van der Waals surface area contributed by atoms with Crippen LogP contribution in [0, 0.1) is 0 Å². The molecule has 2 atom stereocenters. The van der Waals surface area contributed by atoms with Crippen molar-refractivity contribution in [1.82, 2.24) is 0 Å². The Morgan fingerprint density at radius 3 is 2.53 bits per heavy atom. The van der Waals surface area contributed by atoms with Gasteiger partial charge >= 0.3 is 0 Å². The quantitative estimate of drug-likeness (QED) is 0.545. The van der Waals surface area contributed by atoms with Crippen LogP contribution in [0.2, 0.25) is 0 Å². The molecule has 0 saturated heterocycles. The lowest BCUT2D eigenvalue weighted by molar-refractivity contribution is 0.145. The van der Waals surface area contributed by atoms with Crippen molar-refractivity contribution in [1.29, 1.82) is 0 Å². The number of alkyl halides is 1. The predicted molar refractivity (Wildman–Crippen MR) is 72.2 cm³/mol. The van der Waals surface area contributed by atoms with E-state index in [2.05, 4.69) is 13.0 Å². The highest BCUT2D eigenvalue weighted by atomic mass is 35.5. The molecule has 3 heteroatoms. The molecule has 2 nitrogen and oxygen atoms in total. The second kappa shape index (κ2) is 7.57. The molecule has 0 saturated carbocycles. The van der Waals surface area contributed by atoms with Crippen LogP contribution < -0.4 is 4.74 Å². The SMILES string of the molecule is COCCOc1ccccc1C(C)CC(C)Cl. The van der Waals surface area contributed by atoms with E-state index in [-0.39, 0.29) is 5.38 Å². The molecule has 1 aromatic carbocycles. The van der Waals surface area contributed by atoms with Gasteiger partial charge in [-0.25, -0.2) is 0 Å². The Bertz CT molecular complexity index is 326. The van der Waals surface area contributed by atoms with E-state index in [0.29, 0.717) is 19.1 Å². The van der Waals surface area contributed by atoms with Gasteiger partial charge in [-0.1, -0.05) is 25.1 Å². The van der Waals surface area contributed by atoms with Crippen LogP contribution in [-0.4, -0.2) is 25.7 Å². The molecular weight excluding hydrogens is 236 g/mol. The fourth-order valence-electron chi connectivity index (χ4n) is 1.87. The number of ether oxygens (including phenoxy) is 2. The lowest BCUT2D eigenvalue weighted by Crippen LogP contribution is -2.08. The van der Waals surface area contributed by atoms with Crippen LogP contribution >= 0.6 is 11.6 Å². The fourth-order valence-corrected chi connectivity index (χ4v) is 2.14. The monoisotopic (exact) mass is 256 g/mol. The number of para-hydroxylation sites is 1. The van der Waals surface area contributed by atoms with Crippen LogP contribution in [0.5, 0.6) is 5.75 Å². The lowest BCUT2D eigenvalue weighted by Gasteiger charge is -2.17. The first-order chi connectivity index (χ1) is 8.15. The molecule has 0 radical (unpaired) electrons. The third kappa shape index (κ3) is 4.97. The van der Waals surface area contributed by atoms with Gasteiger partial charge in [-0.05, 0) is 30.9 Å². The van der Waals surface area contributed by atoms with Gasteiger partial charge in [-0.2, -0.15) is 0 Å². The summed E-state index contributed by atoms with van der Waals surface area (Å²) in [6.45, 7) is 5.38. The molecule has 17 heavy (non-hydrogen) atoms.